The minimum atomic E-state index is 0.750. The van der Waals surface area contributed by atoms with Crippen LogP contribution in [-0.4, -0.2) is 4.98 Å². The first-order chi connectivity index (χ1) is 8.78. The van der Waals surface area contributed by atoms with Crippen LogP contribution >= 0.6 is 15.9 Å². The normalized spacial score (nSPS) is 10.3. The van der Waals surface area contributed by atoms with Crippen molar-refractivity contribution in [3.63, 3.8) is 0 Å². The van der Waals surface area contributed by atoms with Crippen molar-refractivity contribution < 1.29 is 0 Å². The SMILES string of the molecule is CCCc1ccc(NCc2ccc(Br)cn2)cc1. The van der Waals surface area contributed by atoms with Gasteiger partial charge in [-0.1, -0.05) is 25.5 Å². The highest BCUT2D eigenvalue weighted by Gasteiger charge is 1.96. The number of benzene rings is 1. The van der Waals surface area contributed by atoms with Crippen LogP contribution in [0.5, 0.6) is 0 Å². The van der Waals surface area contributed by atoms with E-state index in [-0.39, 0.29) is 0 Å². The molecule has 2 aromatic rings. The van der Waals surface area contributed by atoms with E-state index in [9.17, 15) is 0 Å². The van der Waals surface area contributed by atoms with Crippen LogP contribution in [0.1, 0.15) is 24.6 Å². The molecular formula is C15H17BrN2. The van der Waals surface area contributed by atoms with Crippen LogP contribution in [0.2, 0.25) is 0 Å². The van der Waals surface area contributed by atoms with Crippen LogP contribution in [0.25, 0.3) is 0 Å². The Balaban J connectivity index is 1.91. The van der Waals surface area contributed by atoms with E-state index in [0.717, 1.165) is 28.8 Å². The fourth-order valence-corrected chi connectivity index (χ4v) is 2.02. The maximum Gasteiger partial charge on any atom is 0.0595 e. The standard InChI is InChI=1S/C15H17BrN2/c1-2-3-12-4-7-14(8-5-12)18-11-15-9-6-13(16)10-17-15/h4-10,18H,2-3,11H2,1H3. The van der Waals surface area contributed by atoms with Crippen molar-refractivity contribution in [2.24, 2.45) is 0 Å². The van der Waals surface area contributed by atoms with Crippen molar-refractivity contribution in [2.45, 2.75) is 26.3 Å². The second-order valence-electron chi connectivity index (χ2n) is 4.27. The summed E-state index contributed by atoms with van der Waals surface area (Å²) in [5.74, 6) is 0. The number of pyridine rings is 1. The summed E-state index contributed by atoms with van der Waals surface area (Å²) in [7, 11) is 0. The third kappa shape index (κ3) is 3.84. The maximum absolute atomic E-state index is 4.33. The molecule has 2 nitrogen and oxygen atoms in total. The molecule has 94 valence electrons. The molecule has 3 heteroatoms. The molecule has 1 aromatic carbocycles. The summed E-state index contributed by atoms with van der Waals surface area (Å²) in [5, 5.41) is 3.37. The van der Waals surface area contributed by atoms with Crippen molar-refractivity contribution in [2.75, 3.05) is 5.32 Å². The molecule has 0 amide bonds. The van der Waals surface area contributed by atoms with E-state index >= 15 is 0 Å². The summed E-state index contributed by atoms with van der Waals surface area (Å²) < 4.78 is 1.01. The van der Waals surface area contributed by atoms with Gasteiger partial charge in [-0.25, -0.2) is 0 Å². The number of rotatable bonds is 5. The molecule has 2 rings (SSSR count). The number of anilines is 1. The average Bonchev–Trinajstić information content (AvgIpc) is 2.40. The van der Waals surface area contributed by atoms with Gasteiger partial charge in [0, 0.05) is 16.4 Å². The Morgan fingerprint density at radius 3 is 2.50 bits per heavy atom. The molecule has 1 heterocycles. The molecule has 0 aliphatic heterocycles. The van der Waals surface area contributed by atoms with Crippen LogP contribution in [0.15, 0.2) is 47.1 Å². The Hall–Kier alpha value is -1.35. The van der Waals surface area contributed by atoms with Gasteiger partial charge in [-0.2, -0.15) is 0 Å². The van der Waals surface area contributed by atoms with Gasteiger partial charge in [0.1, 0.15) is 0 Å². The minimum Gasteiger partial charge on any atom is -0.379 e. The zero-order valence-corrected chi connectivity index (χ0v) is 12.1. The van der Waals surface area contributed by atoms with Crippen molar-refractivity contribution in [1.29, 1.82) is 0 Å². The van der Waals surface area contributed by atoms with E-state index in [1.54, 1.807) is 0 Å². The van der Waals surface area contributed by atoms with E-state index in [4.69, 9.17) is 0 Å². The topological polar surface area (TPSA) is 24.9 Å². The van der Waals surface area contributed by atoms with Crippen LogP contribution < -0.4 is 5.32 Å². The first kappa shape index (κ1) is 13.1. The first-order valence-corrected chi connectivity index (χ1v) is 7.00. The van der Waals surface area contributed by atoms with E-state index in [0.29, 0.717) is 0 Å². The fraction of sp³-hybridized carbons (Fsp3) is 0.267. The molecule has 0 spiro atoms. The van der Waals surface area contributed by atoms with E-state index in [1.165, 1.54) is 12.0 Å². The van der Waals surface area contributed by atoms with Gasteiger partial charge in [0.15, 0.2) is 0 Å². The third-order valence-corrected chi connectivity index (χ3v) is 3.22. The highest BCUT2D eigenvalue weighted by atomic mass is 79.9. The summed E-state index contributed by atoms with van der Waals surface area (Å²) in [5.41, 5.74) is 3.57. The molecule has 0 saturated heterocycles. The van der Waals surface area contributed by atoms with Crippen LogP contribution in [0.4, 0.5) is 5.69 Å². The molecule has 0 atom stereocenters. The van der Waals surface area contributed by atoms with E-state index in [2.05, 4.69) is 57.4 Å². The number of halogens is 1. The van der Waals surface area contributed by atoms with Crippen LogP contribution in [-0.2, 0) is 13.0 Å². The summed E-state index contributed by atoms with van der Waals surface area (Å²) in [6.07, 6.45) is 4.16. The highest BCUT2D eigenvalue weighted by Crippen LogP contribution is 2.13. The van der Waals surface area contributed by atoms with Crippen LogP contribution in [0.3, 0.4) is 0 Å². The van der Waals surface area contributed by atoms with E-state index < -0.39 is 0 Å². The monoisotopic (exact) mass is 304 g/mol. The lowest BCUT2D eigenvalue weighted by atomic mass is 10.1. The number of hydrogen-bond acceptors (Lipinski definition) is 2. The summed E-state index contributed by atoms with van der Waals surface area (Å²) >= 11 is 3.38. The molecule has 0 aliphatic rings. The number of hydrogen-bond donors (Lipinski definition) is 1. The Labute approximate surface area is 117 Å². The molecule has 18 heavy (non-hydrogen) atoms. The van der Waals surface area contributed by atoms with Gasteiger partial charge in [0.25, 0.3) is 0 Å². The fourth-order valence-electron chi connectivity index (χ4n) is 1.78. The molecule has 0 aliphatic carbocycles. The smallest absolute Gasteiger partial charge is 0.0595 e. The van der Waals surface area contributed by atoms with Crippen molar-refractivity contribution in [3.8, 4) is 0 Å². The van der Waals surface area contributed by atoms with Gasteiger partial charge < -0.3 is 5.32 Å². The lowest BCUT2D eigenvalue weighted by Crippen LogP contribution is -2.01. The molecule has 0 fully saturated rings. The number of aromatic nitrogens is 1. The Morgan fingerprint density at radius 2 is 1.89 bits per heavy atom. The summed E-state index contributed by atoms with van der Waals surface area (Å²) in [6.45, 7) is 2.95. The van der Waals surface area contributed by atoms with Gasteiger partial charge in [-0.05, 0) is 52.2 Å². The number of nitrogens with zero attached hydrogens (tertiary/aromatic N) is 1. The van der Waals surface area contributed by atoms with Crippen molar-refractivity contribution in [3.05, 3.63) is 58.3 Å². The molecule has 1 aromatic heterocycles. The molecule has 0 unspecified atom stereocenters. The molecule has 0 saturated carbocycles. The molecule has 0 radical (unpaired) electrons. The van der Waals surface area contributed by atoms with E-state index in [1.807, 2.05) is 18.3 Å². The number of aryl methyl sites for hydroxylation is 1. The quantitative estimate of drug-likeness (QED) is 0.885. The number of nitrogens with one attached hydrogen (secondary N) is 1. The van der Waals surface area contributed by atoms with Gasteiger partial charge in [0.2, 0.25) is 0 Å². The zero-order valence-electron chi connectivity index (χ0n) is 10.5. The summed E-state index contributed by atoms with van der Waals surface area (Å²) in [6, 6.07) is 12.6. The van der Waals surface area contributed by atoms with Crippen LogP contribution in [0, 0.1) is 0 Å². The molecular weight excluding hydrogens is 288 g/mol. The Kier molecular flexibility index (Phi) is 4.76. The van der Waals surface area contributed by atoms with Gasteiger partial charge in [-0.15, -0.1) is 0 Å². The zero-order chi connectivity index (χ0) is 12.8. The molecule has 0 bridgehead atoms. The predicted octanol–water partition coefficient (Wildman–Crippen LogP) is 4.41. The summed E-state index contributed by atoms with van der Waals surface area (Å²) in [4.78, 5) is 4.33. The lowest BCUT2D eigenvalue weighted by Gasteiger charge is -2.07. The highest BCUT2D eigenvalue weighted by molar-refractivity contribution is 9.10. The van der Waals surface area contributed by atoms with Crippen molar-refractivity contribution >= 4 is 21.6 Å². The van der Waals surface area contributed by atoms with Gasteiger partial charge in [0.05, 0.1) is 12.2 Å². The third-order valence-electron chi connectivity index (χ3n) is 2.75. The lowest BCUT2D eigenvalue weighted by molar-refractivity contribution is 0.921. The van der Waals surface area contributed by atoms with Crippen molar-refractivity contribution in [1.82, 2.24) is 4.98 Å². The predicted molar refractivity (Wildman–Crippen MR) is 79.7 cm³/mol. The largest absolute Gasteiger partial charge is 0.379 e. The maximum atomic E-state index is 4.33. The van der Waals surface area contributed by atoms with Gasteiger partial charge in [-0.3, -0.25) is 4.98 Å². The second-order valence-corrected chi connectivity index (χ2v) is 5.18. The Morgan fingerprint density at radius 1 is 1.11 bits per heavy atom. The van der Waals surface area contributed by atoms with Gasteiger partial charge >= 0.3 is 0 Å². The average molecular weight is 305 g/mol. The molecule has 1 N–H and O–H groups in total. The second kappa shape index (κ2) is 6.55. The first-order valence-electron chi connectivity index (χ1n) is 6.21. The minimum absolute atomic E-state index is 0.750. The Bertz CT molecular complexity index is 477.